The van der Waals surface area contributed by atoms with E-state index < -0.39 is 5.97 Å². The highest BCUT2D eigenvalue weighted by atomic mass is 35.5. The van der Waals surface area contributed by atoms with Crippen LogP contribution in [0.15, 0.2) is 42.5 Å². The number of hydrogen-bond donors (Lipinski definition) is 2. The summed E-state index contributed by atoms with van der Waals surface area (Å²) in [5, 5.41) is 18.0. The average molecular weight is 418 g/mol. The third-order valence-corrected chi connectivity index (χ3v) is 4.99. The van der Waals surface area contributed by atoms with Crippen LogP contribution in [0.5, 0.6) is 0 Å². The molecule has 1 aliphatic rings. The van der Waals surface area contributed by atoms with Gasteiger partial charge in [0.15, 0.2) is 5.69 Å². The first kappa shape index (κ1) is 18.5. The van der Waals surface area contributed by atoms with Crippen molar-refractivity contribution >= 4 is 40.9 Å². The van der Waals surface area contributed by atoms with Gasteiger partial charge in [-0.05, 0) is 48.4 Å². The van der Waals surface area contributed by atoms with Gasteiger partial charge in [0.2, 0.25) is 0 Å². The zero-order valence-corrected chi connectivity index (χ0v) is 15.9. The number of nitrogens with one attached hydrogen (secondary N) is 1. The fraction of sp³-hybridized carbons (Fsp3) is 0.100. The standard InChI is InChI=1S/C20H14Cl2FN3O2/c21-12-3-6-17(15(22)10-12)26-19-14(18(25-26)20(27)28)7-8-24-16(19)9-11-1-4-13(23)5-2-11/h1-6,9-10,24H,7-8H2,(H,27,28)/b16-9+. The van der Waals surface area contributed by atoms with Crippen molar-refractivity contribution in [1.29, 1.82) is 0 Å². The van der Waals surface area contributed by atoms with Gasteiger partial charge >= 0.3 is 5.97 Å². The normalized spacial score (nSPS) is 14.6. The minimum atomic E-state index is -1.11. The van der Waals surface area contributed by atoms with Crippen molar-refractivity contribution in [3.05, 3.63) is 80.8 Å². The molecule has 0 radical (unpaired) electrons. The van der Waals surface area contributed by atoms with Gasteiger partial charge in [-0.3, -0.25) is 0 Å². The van der Waals surface area contributed by atoms with E-state index in [0.29, 0.717) is 45.7 Å². The van der Waals surface area contributed by atoms with E-state index in [-0.39, 0.29) is 11.5 Å². The summed E-state index contributed by atoms with van der Waals surface area (Å²) < 4.78 is 14.7. The Labute approximate surface area is 170 Å². The molecule has 0 bridgehead atoms. The molecular weight excluding hydrogens is 404 g/mol. The Kier molecular flexibility index (Phi) is 4.83. The predicted octanol–water partition coefficient (Wildman–Crippen LogP) is 4.66. The second-order valence-electron chi connectivity index (χ2n) is 6.27. The maximum atomic E-state index is 13.2. The fourth-order valence-electron chi connectivity index (χ4n) is 3.21. The number of hydrogen-bond acceptors (Lipinski definition) is 3. The topological polar surface area (TPSA) is 67.1 Å². The Bertz CT molecular complexity index is 1110. The highest BCUT2D eigenvalue weighted by Gasteiger charge is 2.28. The molecule has 4 rings (SSSR count). The Hall–Kier alpha value is -2.83. The van der Waals surface area contributed by atoms with Crippen LogP contribution in [-0.2, 0) is 6.42 Å². The van der Waals surface area contributed by atoms with Crippen LogP contribution in [0.4, 0.5) is 4.39 Å². The van der Waals surface area contributed by atoms with Crippen molar-refractivity contribution in [2.45, 2.75) is 6.42 Å². The lowest BCUT2D eigenvalue weighted by Gasteiger charge is -2.20. The molecule has 8 heteroatoms. The van der Waals surface area contributed by atoms with Crippen molar-refractivity contribution in [3.63, 3.8) is 0 Å². The maximum Gasteiger partial charge on any atom is 0.356 e. The number of nitrogens with zero attached hydrogens (tertiary/aromatic N) is 2. The van der Waals surface area contributed by atoms with Crippen LogP contribution in [0.1, 0.15) is 27.3 Å². The summed E-state index contributed by atoms with van der Waals surface area (Å²) in [6.07, 6.45) is 2.33. The van der Waals surface area contributed by atoms with E-state index in [9.17, 15) is 14.3 Å². The minimum absolute atomic E-state index is 0.0208. The molecule has 1 aliphatic heterocycles. The van der Waals surface area contributed by atoms with Crippen molar-refractivity contribution in [1.82, 2.24) is 15.1 Å². The number of carboxylic acids is 1. The number of benzene rings is 2. The van der Waals surface area contributed by atoms with Gasteiger partial charge in [-0.1, -0.05) is 35.3 Å². The van der Waals surface area contributed by atoms with Crippen LogP contribution in [0, 0.1) is 5.82 Å². The largest absolute Gasteiger partial charge is 0.476 e. The summed E-state index contributed by atoms with van der Waals surface area (Å²) in [5.74, 6) is -1.44. The molecule has 1 aromatic heterocycles. The number of carboxylic acid groups (broad SMARTS) is 1. The lowest BCUT2D eigenvalue weighted by Crippen LogP contribution is -2.24. The second kappa shape index (κ2) is 7.30. The Morgan fingerprint density at radius 3 is 2.64 bits per heavy atom. The predicted molar refractivity (Wildman–Crippen MR) is 107 cm³/mol. The van der Waals surface area contributed by atoms with E-state index in [0.717, 1.165) is 5.56 Å². The van der Waals surface area contributed by atoms with E-state index in [2.05, 4.69) is 10.4 Å². The van der Waals surface area contributed by atoms with E-state index in [1.165, 1.54) is 16.8 Å². The fourth-order valence-corrected chi connectivity index (χ4v) is 3.70. The van der Waals surface area contributed by atoms with Gasteiger partial charge in [0.05, 0.1) is 22.1 Å². The van der Waals surface area contributed by atoms with Gasteiger partial charge in [-0.2, -0.15) is 5.10 Å². The first-order chi connectivity index (χ1) is 13.4. The molecule has 5 nitrogen and oxygen atoms in total. The molecule has 0 spiro atoms. The first-order valence-electron chi connectivity index (χ1n) is 8.46. The molecule has 142 valence electrons. The molecule has 2 heterocycles. The van der Waals surface area contributed by atoms with Crippen LogP contribution >= 0.6 is 23.2 Å². The number of rotatable bonds is 3. The van der Waals surface area contributed by atoms with Gasteiger partial charge in [-0.15, -0.1) is 0 Å². The molecule has 2 N–H and O–H groups in total. The number of halogens is 3. The third kappa shape index (κ3) is 3.37. The molecule has 28 heavy (non-hydrogen) atoms. The average Bonchev–Trinajstić information content (AvgIpc) is 3.04. The Balaban J connectivity index is 1.94. The summed E-state index contributed by atoms with van der Waals surface area (Å²) in [6.45, 7) is 0.556. The van der Waals surface area contributed by atoms with E-state index in [1.807, 2.05) is 6.08 Å². The first-order valence-corrected chi connectivity index (χ1v) is 9.22. The van der Waals surface area contributed by atoms with Crippen LogP contribution in [0.25, 0.3) is 17.5 Å². The molecule has 3 aromatic rings. The van der Waals surface area contributed by atoms with Crippen molar-refractivity contribution < 1.29 is 14.3 Å². The summed E-state index contributed by atoms with van der Waals surface area (Å²) in [7, 11) is 0. The molecule has 0 atom stereocenters. The summed E-state index contributed by atoms with van der Waals surface area (Å²) in [5.41, 5.74) is 3.17. The molecule has 0 saturated heterocycles. The molecule has 0 saturated carbocycles. The van der Waals surface area contributed by atoms with Crippen molar-refractivity contribution in [2.24, 2.45) is 0 Å². The summed E-state index contributed by atoms with van der Waals surface area (Å²) in [6, 6.07) is 11.0. The molecule has 0 fully saturated rings. The number of fused-ring (bicyclic) bond motifs is 1. The van der Waals surface area contributed by atoms with Crippen molar-refractivity contribution in [2.75, 3.05) is 6.54 Å². The van der Waals surface area contributed by atoms with Gasteiger partial charge in [-0.25, -0.2) is 13.9 Å². The summed E-state index contributed by atoms with van der Waals surface area (Å²) in [4.78, 5) is 11.7. The second-order valence-corrected chi connectivity index (χ2v) is 7.12. The summed E-state index contributed by atoms with van der Waals surface area (Å²) >= 11 is 12.3. The van der Waals surface area contributed by atoms with E-state index >= 15 is 0 Å². The van der Waals surface area contributed by atoms with Crippen LogP contribution in [0.2, 0.25) is 10.0 Å². The Morgan fingerprint density at radius 2 is 1.96 bits per heavy atom. The number of carbonyl (C=O) groups is 1. The third-order valence-electron chi connectivity index (χ3n) is 4.45. The van der Waals surface area contributed by atoms with E-state index in [4.69, 9.17) is 23.2 Å². The number of aromatic carboxylic acids is 1. The minimum Gasteiger partial charge on any atom is -0.476 e. The van der Waals surface area contributed by atoms with Crippen LogP contribution in [0.3, 0.4) is 0 Å². The monoisotopic (exact) mass is 417 g/mol. The molecule has 0 unspecified atom stereocenters. The highest BCUT2D eigenvalue weighted by molar-refractivity contribution is 6.35. The molecule has 0 amide bonds. The maximum absolute atomic E-state index is 13.2. The lowest BCUT2D eigenvalue weighted by atomic mass is 10.0. The Morgan fingerprint density at radius 1 is 1.21 bits per heavy atom. The van der Waals surface area contributed by atoms with Gasteiger partial charge in [0.25, 0.3) is 0 Å². The molecule has 2 aromatic carbocycles. The lowest BCUT2D eigenvalue weighted by molar-refractivity contribution is 0.0689. The SMILES string of the molecule is O=C(O)c1nn(-c2ccc(Cl)cc2Cl)c2c1CCN/C2=C/c1ccc(F)cc1. The zero-order valence-electron chi connectivity index (χ0n) is 14.4. The van der Waals surface area contributed by atoms with Crippen LogP contribution < -0.4 is 5.32 Å². The zero-order chi connectivity index (χ0) is 19.8. The van der Waals surface area contributed by atoms with Gasteiger partial charge in [0.1, 0.15) is 5.82 Å². The van der Waals surface area contributed by atoms with E-state index in [1.54, 1.807) is 30.3 Å². The van der Waals surface area contributed by atoms with Gasteiger partial charge in [0, 0.05) is 17.1 Å². The number of aromatic nitrogens is 2. The van der Waals surface area contributed by atoms with Crippen LogP contribution in [-0.4, -0.2) is 27.4 Å². The van der Waals surface area contributed by atoms with Gasteiger partial charge < -0.3 is 10.4 Å². The van der Waals surface area contributed by atoms with Crippen molar-refractivity contribution in [3.8, 4) is 5.69 Å². The molecular formula is C20H14Cl2FN3O2. The smallest absolute Gasteiger partial charge is 0.356 e. The quantitative estimate of drug-likeness (QED) is 0.650. The highest BCUT2D eigenvalue weighted by Crippen LogP contribution is 2.32. The molecule has 0 aliphatic carbocycles.